The molecule has 0 spiro atoms. The average Bonchev–Trinajstić information content (AvgIpc) is 3.28. The van der Waals surface area contributed by atoms with Crippen molar-refractivity contribution in [3.63, 3.8) is 0 Å². The van der Waals surface area contributed by atoms with E-state index in [4.69, 9.17) is 5.73 Å². The highest BCUT2D eigenvalue weighted by atomic mass is 16.3. The monoisotopic (exact) mass is 530 g/mol. The Labute approximate surface area is 229 Å². The third-order valence-corrected chi connectivity index (χ3v) is 7.51. The van der Waals surface area contributed by atoms with Gasteiger partial charge in [0.2, 0.25) is 11.8 Å². The number of benzene rings is 3. The summed E-state index contributed by atoms with van der Waals surface area (Å²) in [4.78, 5) is 29.0. The smallest absolute Gasteiger partial charge is 0.233 e. The molecule has 39 heavy (non-hydrogen) atoms. The predicted molar refractivity (Wildman–Crippen MR) is 149 cm³/mol. The average molecular weight is 531 g/mol. The van der Waals surface area contributed by atoms with Gasteiger partial charge in [-0.25, -0.2) is 0 Å². The summed E-state index contributed by atoms with van der Waals surface area (Å²) in [6.07, 6.45) is -0.583. The number of carbonyl (C=O) groups excluding carboxylic acids is 2. The lowest BCUT2D eigenvalue weighted by molar-refractivity contribution is -0.154. The van der Waals surface area contributed by atoms with Crippen LogP contribution in [0.1, 0.15) is 47.6 Å². The first-order valence-corrected chi connectivity index (χ1v) is 13.6. The standard InChI is InChI=1S/C32H38N2O5/c33-27(19-23-12-5-2-6-13-23)28(36)21-25(18-22-10-3-1-4-11-22)32(39)34(30(38)16-9-17-35)31-26-15-8-7-14-24(26)20-29(31)37/h1-8,10-15,25,27-29,31,35-37H,9,16-21,33H2/t25?,27?,28?,29-,31-/m0/s1. The first kappa shape index (κ1) is 28.6. The molecule has 4 rings (SSSR count). The van der Waals surface area contributed by atoms with Crippen LogP contribution in [0.3, 0.4) is 0 Å². The van der Waals surface area contributed by atoms with Crippen LogP contribution in [0.25, 0.3) is 0 Å². The Hall–Kier alpha value is -3.36. The molecule has 0 heterocycles. The maximum atomic E-state index is 14.3. The van der Waals surface area contributed by atoms with E-state index in [2.05, 4.69) is 0 Å². The number of nitrogens with zero attached hydrogens (tertiary/aromatic N) is 1. The van der Waals surface area contributed by atoms with Crippen LogP contribution in [-0.2, 0) is 28.9 Å². The van der Waals surface area contributed by atoms with Gasteiger partial charge in [0.15, 0.2) is 0 Å². The van der Waals surface area contributed by atoms with Crippen molar-refractivity contribution in [2.24, 2.45) is 11.7 Å². The fourth-order valence-corrected chi connectivity index (χ4v) is 5.49. The summed E-state index contributed by atoms with van der Waals surface area (Å²) < 4.78 is 0. The lowest BCUT2D eigenvalue weighted by Crippen LogP contribution is -2.48. The van der Waals surface area contributed by atoms with Gasteiger partial charge in [-0.1, -0.05) is 84.9 Å². The Kier molecular flexibility index (Phi) is 10.0. The summed E-state index contributed by atoms with van der Waals surface area (Å²) in [5, 5.41) is 31.6. The number of carbonyl (C=O) groups is 2. The van der Waals surface area contributed by atoms with Crippen LogP contribution < -0.4 is 5.73 Å². The summed E-state index contributed by atoms with van der Waals surface area (Å²) in [6.45, 7) is -0.182. The summed E-state index contributed by atoms with van der Waals surface area (Å²) in [5.41, 5.74) is 9.92. The molecule has 7 heteroatoms. The number of rotatable bonds is 12. The molecule has 5 atom stereocenters. The number of aliphatic hydroxyl groups is 3. The minimum atomic E-state index is -0.988. The zero-order valence-electron chi connectivity index (χ0n) is 22.1. The van der Waals surface area contributed by atoms with Crippen molar-refractivity contribution in [2.75, 3.05) is 6.61 Å². The normalized spacial score (nSPS) is 18.7. The minimum absolute atomic E-state index is 0.0260. The van der Waals surface area contributed by atoms with Crippen molar-refractivity contribution in [2.45, 2.75) is 62.8 Å². The third-order valence-electron chi connectivity index (χ3n) is 7.51. The quantitative estimate of drug-likeness (QED) is 0.286. The van der Waals surface area contributed by atoms with Crippen molar-refractivity contribution in [1.29, 1.82) is 0 Å². The Morgan fingerprint density at radius 3 is 2.13 bits per heavy atom. The van der Waals surface area contributed by atoms with Gasteiger partial charge in [0.05, 0.1) is 18.2 Å². The number of aliphatic hydroxyl groups excluding tert-OH is 3. The van der Waals surface area contributed by atoms with Gasteiger partial charge in [-0.3, -0.25) is 14.5 Å². The van der Waals surface area contributed by atoms with Crippen molar-refractivity contribution >= 4 is 11.8 Å². The number of hydrogen-bond acceptors (Lipinski definition) is 6. The zero-order valence-corrected chi connectivity index (χ0v) is 22.1. The maximum Gasteiger partial charge on any atom is 0.233 e. The van der Waals surface area contributed by atoms with Gasteiger partial charge >= 0.3 is 0 Å². The lowest BCUT2D eigenvalue weighted by Gasteiger charge is -2.34. The van der Waals surface area contributed by atoms with Crippen LogP contribution in [0.15, 0.2) is 84.9 Å². The number of hydrogen-bond donors (Lipinski definition) is 4. The van der Waals surface area contributed by atoms with Gasteiger partial charge < -0.3 is 21.1 Å². The molecule has 0 aromatic heterocycles. The lowest BCUT2D eigenvalue weighted by atomic mass is 9.88. The fraction of sp³-hybridized carbons (Fsp3) is 0.375. The van der Waals surface area contributed by atoms with Gasteiger partial charge in [-0.15, -0.1) is 0 Å². The van der Waals surface area contributed by atoms with Gasteiger partial charge in [0, 0.05) is 31.4 Å². The van der Waals surface area contributed by atoms with Crippen LogP contribution in [0.2, 0.25) is 0 Å². The van der Waals surface area contributed by atoms with Crippen LogP contribution in [0.5, 0.6) is 0 Å². The van der Waals surface area contributed by atoms with E-state index in [0.717, 1.165) is 22.3 Å². The predicted octanol–water partition coefficient (Wildman–Crippen LogP) is 2.95. The highest BCUT2D eigenvalue weighted by Crippen LogP contribution is 2.38. The molecule has 3 aromatic carbocycles. The number of imide groups is 1. The molecule has 1 aliphatic rings. The Morgan fingerprint density at radius 1 is 0.897 bits per heavy atom. The number of fused-ring (bicyclic) bond motifs is 1. The van der Waals surface area contributed by atoms with Crippen LogP contribution in [-0.4, -0.2) is 56.9 Å². The highest BCUT2D eigenvalue weighted by molar-refractivity contribution is 5.97. The van der Waals surface area contributed by atoms with E-state index in [1.54, 1.807) is 0 Å². The van der Waals surface area contributed by atoms with E-state index in [-0.39, 0.29) is 25.9 Å². The molecule has 3 aromatic rings. The van der Waals surface area contributed by atoms with E-state index in [1.165, 1.54) is 4.90 Å². The number of nitrogens with two attached hydrogens (primary N) is 1. The van der Waals surface area contributed by atoms with E-state index >= 15 is 0 Å². The SMILES string of the molecule is NC(Cc1ccccc1)C(O)CC(Cc1ccccc1)C(=O)N(C(=O)CCCO)[C@H]1c2ccccc2C[C@@H]1O. The van der Waals surface area contributed by atoms with Crippen LogP contribution >= 0.6 is 0 Å². The molecular formula is C32H38N2O5. The Balaban J connectivity index is 1.64. The zero-order chi connectivity index (χ0) is 27.8. The molecule has 0 bridgehead atoms. The molecule has 0 radical (unpaired) electrons. The molecule has 0 aliphatic heterocycles. The van der Waals surface area contributed by atoms with Gasteiger partial charge in [0.1, 0.15) is 0 Å². The van der Waals surface area contributed by atoms with Crippen molar-refractivity contribution in [1.82, 2.24) is 4.90 Å². The molecule has 1 aliphatic carbocycles. The third kappa shape index (κ3) is 7.19. The summed E-state index contributed by atoms with van der Waals surface area (Å²) in [6, 6.07) is 25.1. The topological polar surface area (TPSA) is 124 Å². The molecule has 3 unspecified atom stereocenters. The molecule has 2 amide bonds. The Morgan fingerprint density at radius 2 is 1.49 bits per heavy atom. The van der Waals surface area contributed by atoms with Crippen molar-refractivity contribution < 1.29 is 24.9 Å². The fourth-order valence-electron chi connectivity index (χ4n) is 5.49. The summed E-state index contributed by atoms with van der Waals surface area (Å²) in [5.74, 6) is -1.65. The van der Waals surface area contributed by atoms with Gasteiger partial charge in [-0.2, -0.15) is 0 Å². The second-order valence-electron chi connectivity index (χ2n) is 10.4. The second kappa shape index (κ2) is 13.6. The Bertz CT molecular complexity index is 1220. The van der Waals surface area contributed by atoms with Gasteiger partial charge in [-0.05, 0) is 47.9 Å². The minimum Gasteiger partial charge on any atom is -0.396 e. The molecule has 5 N–H and O–H groups in total. The molecule has 206 valence electrons. The summed E-state index contributed by atoms with van der Waals surface area (Å²) in [7, 11) is 0. The maximum absolute atomic E-state index is 14.3. The summed E-state index contributed by atoms with van der Waals surface area (Å²) >= 11 is 0. The number of amides is 2. The molecular weight excluding hydrogens is 492 g/mol. The molecule has 0 saturated heterocycles. The molecule has 7 nitrogen and oxygen atoms in total. The van der Waals surface area contributed by atoms with E-state index < -0.39 is 42.0 Å². The van der Waals surface area contributed by atoms with Crippen molar-refractivity contribution in [3.8, 4) is 0 Å². The van der Waals surface area contributed by atoms with E-state index in [1.807, 2.05) is 84.9 Å². The highest BCUT2D eigenvalue weighted by Gasteiger charge is 2.43. The van der Waals surface area contributed by atoms with Gasteiger partial charge in [0.25, 0.3) is 0 Å². The van der Waals surface area contributed by atoms with E-state index in [0.29, 0.717) is 19.3 Å². The molecule has 0 fully saturated rings. The van der Waals surface area contributed by atoms with E-state index in [9.17, 15) is 24.9 Å². The second-order valence-corrected chi connectivity index (χ2v) is 10.4. The first-order valence-electron chi connectivity index (χ1n) is 13.6. The van der Waals surface area contributed by atoms with Crippen LogP contribution in [0, 0.1) is 5.92 Å². The largest absolute Gasteiger partial charge is 0.396 e. The molecule has 0 saturated carbocycles. The van der Waals surface area contributed by atoms with Crippen molar-refractivity contribution in [3.05, 3.63) is 107 Å². The van der Waals surface area contributed by atoms with Crippen LogP contribution in [0.4, 0.5) is 0 Å². The first-order chi connectivity index (χ1) is 18.9.